The zero-order valence-electron chi connectivity index (χ0n) is 15.1. The predicted octanol–water partition coefficient (Wildman–Crippen LogP) is 6.19. The van der Waals surface area contributed by atoms with Crippen LogP contribution in [0, 0.1) is 5.82 Å². The van der Waals surface area contributed by atoms with E-state index in [2.05, 4.69) is 0 Å². The molecule has 3 aromatic rings. The monoisotopic (exact) mass is 427 g/mol. The van der Waals surface area contributed by atoms with Crippen molar-refractivity contribution in [1.29, 1.82) is 0 Å². The molecular formula is C23H16Cl2FNO2. The lowest BCUT2D eigenvalue weighted by molar-refractivity contribution is -0.130. The molecule has 6 heteroatoms. The third-order valence-electron chi connectivity index (χ3n) is 4.92. The lowest BCUT2D eigenvalue weighted by atomic mass is 9.93. The maximum absolute atomic E-state index is 14.7. The Hall–Kier alpha value is -2.82. The summed E-state index contributed by atoms with van der Waals surface area (Å²) in [5.74, 6) is -1.40. The smallest absolute Gasteiger partial charge is 0.290 e. The largest absolute Gasteiger partial charge is 0.503 e. The van der Waals surface area contributed by atoms with Crippen LogP contribution in [0.3, 0.4) is 0 Å². The number of hydrogen-bond donors (Lipinski definition) is 1. The molecule has 1 aliphatic heterocycles. The Morgan fingerprint density at radius 3 is 2.10 bits per heavy atom. The maximum atomic E-state index is 14.7. The minimum Gasteiger partial charge on any atom is -0.503 e. The van der Waals surface area contributed by atoms with Crippen LogP contribution in [0.5, 0.6) is 0 Å². The molecule has 0 fully saturated rings. The SMILES string of the molecule is O=C1C(O)=C(c2ccc(Cl)cc2)[C@H](c2ccccc2F)N1Cc1ccc(Cl)cc1. The van der Waals surface area contributed by atoms with Gasteiger partial charge in [-0.05, 0) is 41.5 Å². The number of benzene rings is 3. The highest BCUT2D eigenvalue weighted by Crippen LogP contribution is 2.44. The molecule has 0 spiro atoms. The zero-order chi connectivity index (χ0) is 20.5. The van der Waals surface area contributed by atoms with Crippen LogP contribution in [0.1, 0.15) is 22.7 Å². The summed E-state index contributed by atoms with van der Waals surface area (Å²) >= 11 is 11.9. The molecule has 146 valence electrons. The number of halogens is 3. The van der Waals surface area contributed by atoms with Gasteiger partial charge >= 0.3 is 0 Å². The molecule has 3 nitrogen and oxygen atoms in total. The lowest BCUT2D eigenvalue weighted by Crippen LogP contribution is -2.30. The molecule has 1 N–H and O–H groups in total. The third-order valence-corrected chi connectivity index (χ3v) is 5.43. The molecule has 0 saturated heterocycles. The van der Waals surface area contributed by atoms with Crippen molar-refractivity contribution in [3.05, 3.63) is 111 Å². The van der Waals surface area contributed by atoms with E-state index in [-0.39, 0.29) is 6.54 Å². The fraction of sp³-hybridized carbons (Fsp3) is 0.0870. The summed E-state index contributed by atoms with van der Waals surface area (Å²) in [6.07, 6.45) is 0. The van der Waals surface area contributed by atoms with Crippen LogP contribution in [0.15, 0.2) is 78.6 Å². The van der Waals surface area contributed by atoms with Gasteiger partial charge in [0.05, 0.1) is 6.04 Å². The number of carbonyl (C=O) groups excluding carboxylic acids is 1. The van der Waals surface area contributed by atoms with E-state index in [4.69, 9.17) is 23.2 Å². The number of hydrogen-bond acceptors (Lipinski definition) is 2. The summed E-state index contributed by atoms with van der Waals surface area (Å²) < 4.78 is 14.7. The third kappa shape index (κ3) is 3.74. The normalized spacial score (nSPS) is 16.6. The van der Waals surface area contributed by atoms with Gasteiger partial charge in [0.15, 0.2) is 5.76 Å². The topological polar surface area (TPSA) is 40.5 Å². The van der Waals surface area contributed by atoms with Gasteiger partial charge in [-0.15, -0.1) is 0 Å². The summed E-state index contributed by atoms with van der Waals surface area (Å²) in [5.41, 5.74) is 2.08. The second kappa shape index (κ2) is 7.90. The molecule has 29 heavy (non-hydrogen) atoms. The number of amides is 1. The van der Waals surface area contributed by atoms with Crippen molar-refractivity contribution in [2.75, 3.05) is 0 Å². The van der Waals surface area contributed by atoms with Gasteiger partial charge in [0.2, 0.25) is 0 Å². The van der Waals surface area contributed by atoms with Gasteiger partial charge in [0.1, 0.15) is 5.82 Å². The van der Waals surface area contributed by atoms with E-state index in [0.717, 1.165) is 5.56 Å². The van der Waals surface area contributed by atoms with Crippen LogP contribution in [0.4, 0.5) is 4.39 Å². The Kier molecular flexibility index (Phi) is 5.31. The Bertz CT molecular complexity index is 1090. The number of aliphatic hydroxyl groups excluding tert-OH is 1. The second-order valence-electron chi connectivity index (χ2n) is 6.75. The van der Waals surface area contributed by atoms with Crippen molar-refractivity contribution >= 4 is 34.7 Å². The molecule has 1 heterocycles. The first kappa shape index (κ1) is 19.5. The lowest BCUT2D eigenvalue weighted by Gasteiger charge is -2.28. The van der Waals surface area contributed by atoms with E-state index in [1.807, 2.05) is 0 Å². The van der Waals surface area contributed by atoms with Crippen LogP contribution in [-0.2, 0) is 11.3 Å². The molecular weight excluding hydrogens is 412 g/mol. The number of carbonyl (C=O) groups is 1. The average molecular weight is 428 g/mol. The minimum atomic E-state index is -0.777. The minimum absolute atomic E-state index is 0.191. The van der Waals surface area contributed by atoms with Crippen molar-refractivity contribution < 1.29 is 14.3 Å². The maximum Gasteiger partial charge on any atom is 0.290 e. The van der Waals surface area contributed by atoms with Crippen molar-refractivity contribution in [1.82, 2.24) is 4.90 Å². The van der Waals surface area contributed by atoms with Crippen LogP contribution in [0.2, 0.25) is 10.0 Å². The van der Waals surface area contributed by atoms with Crippen LogP contribution in [0.25, 0.3) is 5.57 Å². The van der Waals surface area contributed by atoms with Crippen molar-refractivity contribution in [2.45, 2.75) is 12.6 Å². The summed E-state index contributed by atoms with van der Waals surface area (Å²) in [6.45, 7) is 0.191. The standard InChI is InChI=1S/C23H16Cl2FNO2/c24-16-9-5-14(6-10-16)13-27-21(18-3-1-2-4-19(18)26)20(22(28)23(27)29)15-7-11-17(25)12-8-15/h1-12,21,28H,13H2/t21-/m0/s1. The van der Waals surface area contributed by atoms with Crippen molar-refractivity contribution in [3.8, 4) is 0 Å². The predicted molar refractivity (Wildman–Crippen MR) is 112 cm³/mol. The summed E-state index contributed by atoms with van der Waals surface area (Å²) in [4.78, 5) is 14.4. The first-order valence-corrected chi connectivity index (χ1v) is 9.70. The summed E-state index contributed by atoms with van der Waals surface area (Å²) in [7, 11) is 0. The molecule has 1 amide bonds. The zero-order valence-corrected chi connectivity index (χ0v) is 16.7. The molecule has 1 atom stereocenters. The molecule has 0 bridgehead atoms. The van der Waals surface area contributed by atoms with Crippen LogP contribution in [-0.4, -0.2) is 15.9 Å². The van der Waals surface area contributed by atoms with Crippen LogP contribution < -0.4 is 0 Å². The Morgan fingerprint density at radius 2 is 1.48 bits per heavy atom. The molecule has 1 aliphatic rings. The quantitative estimate of drug-likeness (QED) is 0.539. The van der Waals surface area contributed by atoms with Crippen LogP contribution >= 0.6 is 23.2 Å². The van der Waals surface area contributed by atoms with Gasteiger partial charge < -0.3 is 10.0 Å². The average Bonchev–Trinajstić information content (AvgIpc) is 2.95. The van der Waals surface area contributed by atoms with Crippen molar-refractivity contribution in [2.24, 2.45) is 0 Å². The van der Waals surface area contributed by atoms with E-state index in [9.17, 15) is 14.3 Å². The van der Waals surface area contributed by atoms with E-state index in [0.29, 0.717) is 26.7 Å². The molecule has 0 radical (unpaired) electrons. The van der Waals surface area contributed by atoms with Gasteiger partial charge in [0.25, 0.3) is 5.91 Å². The Balaban J connectivity index is 1.83. The molecule has 0 unspecified atom stereocenters. The van der Waals surface area contributed by atoms with E-state index in [1.54, 1.807) is 66.7 Å². The van der Waals surface area contributed by atoms with Gasteiger partial charge in [0, 0.05) is 27.7 Å². The van der Waals surface area contributed by atoms with Crippen molar-refractivity contribution in [3.63, 3.8) is 0 Å². The first-order chi connectivity index (χ1) is 14.0. The molecule has 0 aromatic heterocycles. The molecule has 0 saturated carbocycles. The molecule has 0 aliphatic carbocycles. The van der Waals surface area contributed by atoms with E-state index in [1.165, 1.54) is 11.0 Å². The first-order valence-electron chi connectivity index (χ1n) is 8.94. The fourth-order valence-electron chi connectivity index (χ4n) is 3.55. The highest BCUT2D eigenvalue weighted by molar-refractivity contribution is 6.30. The molecule has 3 aromatic carbocycles. The van der Waals surface area contributed by atoms with Gasteiger partial charge in [-0.25, -0.2) is 4.39 Å². The van der Waals surface area contributed by atoms with Gasteiger partial charge in [-0.1, -0.05) is 65.7 Å². The number of nitrogens with zero attached hydrogens (tertiary/aromatic N) is 1. The number of rotatable bonds is 4. The molecule has 4 rings (SSSR count). The second-order valence-corrected chi connectivity index (χ2v) is 7.63. The fourth-order valence-corrected chi connectivity index (χ4v) is 3.80. The van der Waals surface area contributed by atoms with E-state index >= 15 is 0 Å². The summed E-state index contributed by atoms with van der Waals surface area (Å²) in [6, 6.07) is 19.3. The highest BCUT2D eigenvalue weighted by atomic mass is 35.5. The summed E-state index contributed by atoms with van der Waals surface area (Å²) in [5, 5.41) is 11.8. The Morgan fingerprint density at radius 1 is 0.897 bits per heavy atom. The van der Waals surface area contributed by atoms with E-state index < -0.39 is 23.5 Å². The Labute approximate surface area is 177 Å². The van der Waals surface area contributed by atoms with Gasteiger partial charge in [-0.3, -0.25) is 4.79 Å². The van der Waals surface area contributed by atoms with Gasteiger partial charge in [-0.2, -0.15) is 0 Å². The highest BCUT2D eigenvalue weighted by Gasteiger charge is 2.42. The number of aliphatic hydroxyl groups is 1.